The van der Waals surface area contributed by atoms with Crippen LogP contribution in [0.15, 0.2) is 121 Å². The number of benzene rings is 4. The monoisotopic (exact) mass is 738 g/mol. The molecule has 0 aliphatic carbocycles. The van der Waals surface area contributed by atoms with E-state index in [9.17, 15) is 19.2 Å². The van der Waals surface area contributed by atoms with E-state index in [0.29, 0.717) is 34.8 Å². The van der Waals surface area contributed by atoms with E-state index in [1.807, 2.05) is 55.5 Å². The van der Waals surface area contributed by atoms with E-state index < -0.39 is 30.1 Å². The van der Waals surface area contributed by atoms with E-state index >= 15 is 0 Å². The number of carbonyl (C=O) groups is 4. The summed E-state index contributed by atoms with van der Waals surface area (Å²) in [7, 11) is 0. The van der Waals surface area contributed by atoms with Gasteiger partial charge in [0.1, 0.15) is 23.6 Å². The average molecular weight is 739 g/mol. The normalized spacial score (nSPS) is 12.3. The van der Waals surface area contributed by atoms with Gasteiger partial charge in [-0.1, -0.05) is 104 Å². The van der Waals surface area contributed by atoms with Gasteiger partial charge in [-0.2, -0.15) is 37.9 Å². The zero-order valence-corrected chi connectivity index (χ0v) is 30.5. The number of hydrogen-bond acceptors (Lipinski definition) is 13. The number of hydrogen-bond donors (Lipinski definition) is 7. The fraction of sp³-hybridized carbons (Fsp3) is 0.243. The minimum absolute atomic E-state index is 0.0260. The lowest BCUT2D eigenvalue weighted by molar-refractivity contribution is -0.136. The van der Waals surface area contributed by atoms with Crippen molar-refractivity contribution in [2.45, 2.75) is 37.5 Å². The Hall–Kier alpha value is -3.95. The predicted molar refractivity (Wildman–Crippen MR) is 209 cm³/mol. The van der Waals surface area contributed by atoms with Crippen LogP contribution in [-0.4, -0.2) is 64.9 Å². The number of Topliss-reactive ketones (excluding diaryl/α,β-unsaturated/α-hetero) is 2. The first-order chi connectivity index (χ1) is 24.0. The molecule has 268 valence electrons. The Labute approximate surface area is 310 Å². The Kier molecular flexibility index (Phi) is 22.9. The van der Waals surface area contributed by atoms with Crippen molar-refractivity contribution in [2.75, 3.05) is 17.3 Å². The average Bonchev–Trinajstić information content (AvgIpc) is 3.18. The summed E-state index contributed by atoms with van der Waals surface area (Å²) in [5.41, 5.74) is 23.3. The molecular formula is C37H46N4O6S3. The highest BCUT2D eigenvalue weighted by atomic mass is 32.1. The molecule has 0 heterocycles. The highest BCUT2D eigenvalue weighted by Gasteiger charge is 2.15. The maximum atomic E-state index is 11.5. The van der Waals surface area contributed by atoms with Crippen LogP contribution in [0.2, 0.25) is 0 Å². The zero-order chi connectivity index (χ0) is 37.3. The molecule has 4 aromatic carbocycles. The molecule has 0 fully saturated rings. The quantitative estimate of drug-likeness (QED) is 0.0474. The van der Waals surface area contributed by atoms with Crippen LogP contribution in [0, 0.1) is 0 Å². The topological polar surface area (TPSA) is 191 Å². The van der Waals surface area contributed by atoms with Crippen molar-refractivity contribution in [1.29, 1.82) is 0 Å². The second kappa shape index (κ2) is 25.9. The third-order valence-corrected chi connectivity index (χ3v) is 7.53. The van der Waals surface area contributed by atoms with Crippen LogP contribution in [0.5, 0.6) is 11.5 Å². The van der Waals surface area contributed by atoms with Gasteiger partial charge in [0.05, 0.1) is 12.1 Å². The van der Waals surface area contributed by atoms with Crippen LogP contribution in [0.25, 0.3) is 0 Å². The number of para-hydroxylation sites is 2. The molecule has 0 saturated carbocycles. The largest absolute Gasteiger partial charge is 0.425 e. The molecule has 0 radical (unpaired) electrons. The molecule has 0 amide bonds. The first-order valence-electron chi connectivity index (χ1n) is 15.6. The highest BCUT2D eigenvalue weighted by molar-refractivity contribution is 7.80. The summed E-state index contributed by atoms with van der Waals surface area (Å²) in [5, 5.41) is 0. The van der Waals surface area contributed by atoms with Gasteiger partial charge in [-0.15, -0.1) is 0 Å². The highest BCUT2D eigenvalue weighted by Crippen LogP contribution is 2.10. The molecule has 0 unspecified atom stereocenters. The molecule has 4 atom stereocenters. The van der Waals surface area contributed by atoms with Crippen LogP contribution in [0.4, 0.5) is 0 Å². The molecule has 0 aromatic heterocycles. The summed E-state index contributed by atoms with van der Waals surface area (Å²) >= 11 is 11.8. The Morgan fingerprint density at radius 3 is 1.04 bits per heavy atom. The summed E-state index contributed by atoms with van der Waals surface area (Å²) in [6.45, 7) is 1.91. The van der Waals surface area contributed by atoms with E-state index in [0.717, 1.165) is 0 Å². The summed E-state index contributed by atoms with van der Waals surface area (Å²) in [6.07, 6.45) is 0.688. The Bertz CT molecular complexity index is 1420. The van der Waals surface area contributed by atoms with Crippen molar-refractivity contribution in [3.8, 4) is 11.5 Å². The summed E-state index contributed by atoms with van der Waals surface area (Å²) in [4.78, 5) is 45.1. The first-order valence-corrected chi connectivity index (χ1v) is 17.4. The molecule has 0 aliphatic rings. The molecule has 0 aliphatic heterocycles. The summed E-state index contributed by atoms with van der Waals surface area (Å²) < 4.78 is 9.91. The molecule has 0 saturated heterocycles. The zero-order valence-electron chi connectivity index (χ0n) is 27.8. The van der Waals surface area contributed by atoms with Crippen molar-refractivity contribution >= 4 is 61.4 Å². The molecule has 8 N–H and O–H groups in total. The van der Waals surface area contributed by atoms with Crippen molar-refractivity contribution in [1.82, 2.24) is 0 Å². The number of ketones is 2. The van der Waals surface area contributed by atoms with Gasteiger partial charge in [-0.05, 0) is 30.7 Å². The lowest BCUT2D eigenvalue weighted by Crippen LogP contribution is -2.35. The number of esters is 2. The van der Waals surface area contributed by atoms with Gasteiger partial charge >= 0.3 is 11.9 Å². The summed E-state index contributed by atoms with van der Waals surface area (Å²) in [5.74, 6) is 1.02. The summed E-state index contributed by atoms with van der Waals surface area (Å²) in [6, 6.07) is 33.6. The molecule has 4 rings (SSSR count). The maximum Gasteiger partial charge on any atom is 0.329 e. The second-order valence-corrected chi connectivity index (χ2v) is 11.4. The third-order valence-electron chi connectivity index (χ3n) is 6.35. The maximum absolute atomic E-state index is 11.5. The lowest BCUT2D eigenvalue weighted by Gasteiger charge is -2.07. The van der Waals surface area contributed by atoms with Crippen molar-refractivity contribution in [2.24, 2.45) is 22.9 Å². The van der Waals surface area contributed by atoms with Gasteiger partial charge in [0.2, 0.25) is 0 Å². The third kappa shape index (κ3) is 17.6. The van der Waals surface area contributed by atoms with Crippen LogP contribution in [0.1, 0.15) is 34.1 Å². The van der Waals surface area contributed by atoms with E-state index in [2.05, 4.69) is 37.9 Å². The molecule has 13 heteroatoms. The minimum Gasteiger partial charge on any atom is -0.425 e. The van der Waals surface area contributed by atoms with Crippen molar-refractivity contribution in [3.63, 3.8) is 0 Å². The minimum atomic E-state index is -0.663. The van der Waals surface area contributed by atoms with Gasteiger partial charge < -0.3 is 32.4 Å². The number of ether oxygens (including phenoxy) is 2. The molecule has 0 spiro atoms. The van der Waals surface area contributed by atoms with Crippen LogP contribution >= 0.6 is 37.9 Å². The van der Waals surface area contributed by atoms with Crippen LogP contribution in [0.3, 0.4) is 0 Å². The Balaban J connectivity index is 0.000000334. The number of thiol groups is 3. The fourth-order valence-corrected chi connectivity index (χ4v) is 3.88. The number of carbonyl (C=O) groups excluding carboxylic acids is 4. The standard InChI is InChI=1S/C10H13NO.2C9H11NO2S.C9H11NOS/c1-2-9(11)10(12)8-6-4-3-5-7-8;2*10-8(6-13)9(11)12-7-4-2-1-3-5-7;10-8(6-12)9(11)7-4-2-1-3-5-7/h3-7,9H,2,11H2,1H3;2*1-5,8,13H,6,10H2;1-5,8,12H,6,10H2/t9-;3*8-/m1100/s1. The number of rotatable bonds is 12. The number of nitrogens with two attached hydrogens (primary N) is 4. The molecule has 50 heavy (non-hydrogen) atoms. The van der Waals surface area contributed by atoms with Crippen molar-refractivity contribution < 1.29 is 28.7 Å². The smallest absolute Gasteiger partial charge is 0.329 e. The molecule has 4 aromatic rings. The van der Waals surface area contributed by atoms with Crippen LogP contribution in [-0.2, 0) is 9.59 Å². The Morgan fingerprint density at radius 1 is 0.480 bits per heavy atom. The van der Waals surface area contributed by atoms with E-state index in [1.165, 1.54) is 0 Å². The Morgan fingerprint density at radius 2 is 0.760 bits per heavy atom. The van der Waals surface area contributed by atoms with E-state index in [1.54, 1.807) is 72.8 Å². The SMILES string of the molecule is CC[C@@H](N)C(=O)c1ccccc1.N[C@@H](CS)C(=O)Oc1ccccc1.N[C@@H](CS)C(=O)c1ccccc1.N[C@H](CS)C(=O)Oc1ccccc1. The molecule has 0 bridgehead atoms. The van der Waals surface area contributed by atoms with Gasteiger partial charge in [-0.3, -0.25) is 9.59 Å². The van der Waals surface area contributed by atoms with Gasteiger partial charge in [0.15, 0.2) is 11.6 Å². The van der Waals surface area contributed by atoms with Crippen LogP contribution < -0.4 is 32.4 Å². The van der Waals surface area contributed by atoms with Crippen molar-refractivity contribution in [3.05, 3.63) is 132 Å². The fourth-order valence-electron chi connectivity index (χ4n) is 3.41. The molecule has 10 nitrogen and oxygen atoms in total. The predicted octanol–water partition coefficient (Wildman–Crippen LogP) is 4.43. The second-order valence-electron chi connectivity index (χ2n) is 10.3. The van der Waals surface area contributed by atoms with E-state index in [4.69, 9.17) is 32.4 Å². The van der Waals surface area contributed by atoms with Gasteiger partial charge in [0.25, 0.3) is 0 Å². The van der Waals surface area contributed by atoms with Gasteiger partial charge in [0, 0.05) is 28.4 Å². The van der Waals surface area contributed by atoms with E-state index in [-0.39, 0.29) is 29.1 Å². The molecular weight excluding hydrogens is 693 g/mol. The first kappa shape index (κ1) is 44.1. The van der Waals surface area contributed by atoms with Gasteiger partial charge in [-0.25, -0.2) is 9.59 Å². The lowest BCUT2D eigenvalue weighted by atomic mass is 10.0.